The van der Waals surface area contributed by atoms with Gasteiger partial charge in [0.1, 0.15) is 5.82 Å². The third-order valence-electron chi connectivity index (χ3n) is 4.67. The van der Waals surface area contributed by atoms with Crippen LogP contribution in [0, 0.1) is 0 Å². The zero-order valence-corrected chi connectivity index (χ0v) is 16.4. The van der Waals surface area contributed by atoms with E-state index in [-0.39, 0.29) is 37.0 Å². The van der Waals surface area contributed by atoms with Gasteiger partial charge >= 0.3 is 5.97 Å². The zero-order valence-electron chi connectivity index (χ0n) is 16.4. The second-order valence-electron chi connectivity index (χ2n) is 6.77. The van der Waals surface area contributed by atoms with Crippen molar-refractivity contribution in [2.45, 2.75) is 25.8 Å². The van der Waals surface area contributed by atoms with E-state index in [9.17, 15) is 14.4 Å². The Hall–Kier alpha value is -3.48. The molecule has 1 aromatic heterocycles. The molecule has 1 N–H and O–H groups in total. The Morgan fingerprint density at radius 3 is 2.55 bits per heavy atom. The van der Waals surface area contributed by atoms with Gasteiger partial charge in [-0.15, -0.1) is 0 Å². The van der Waals surface area contributed by atoms with Crippen molar-refractivity contribution in [3.05, 3.63) is 76.3 Å². The number of nitrogens with zero attached hydrogens (tertiary/aromatic N) is 2. The molecule has 29 heavy (non-hydrogen) atoms. The van der Waals surface area contributed by atoms with Crippen molar-refractivity contribution in [3.63, 3.8) is 0 Å². The van der Waals surface area contributed by atoms with Gasteiger partial charge < -0.3 is 10.1 Å². The summed E-state index contributed by atoms with van der Waals surface area (Å²) in [5, 5.41) is 3.32. The molecule has 150 valence electrons. The molecule has 1 heterocycles. The van der Waals surface area contributed by atoms with E-state index in [4.69, 9.17) is 4.74 Å². The summed E-state index contributed by atoms with van der Waals surface area (Å²) in [5.74, 6) is -0.395. The lowest BCUT2D eigenvalue weighted by molar-refractivity contribution is -0.148. The first-order chi connectivity index (χ1) is 14.0. The number of carbonyl (C=O) groups excluding carboxylic acids is 2. The number of carbonyl (C=O) groups is 2. The number of fused-ring (bicyclic) bond motifs is 1. The number of nitrogens with one attached hydrogen (secondary N) is 1. The normalized spacial score (nSPS) is 11.8. The van der Waals surface area contributed by atoms with Gasteiger partial charge in [0, 0.05) is 13.5 Å². The van der Waals surface area contributed by atoms with Gasteiger partial charge in [-0.3, -0.25) is 19.0 Å². The maximum atomic E-state index is 12.4. The Balaban J connectivity index is 1.51. The van der Waals surface area contributed by atoms with Crippen molar-refractivity contribution in [2.75, 3.05) is 6.61 Å². The number of rotatable bonds is 7. The van der Waals surface area contributed by atoms with Crippen LogP contribution < -0.4 is 10.9 Å². The van der Waals surface area contributed by atoms with Gasteiger partial charge in [-0.2, -0.15) is 0 Å². The zero-order chi connectivity index (χ0) is 20.8. The summed E-state index contributed by atoms with van der Waals surface area (Å²) in [5.41, 5.74) is 1.40. The fourth-order valence-corrected chi connectivity index (χ4v) is 3.03. The molecule has 1 amide bonds. The number of aromatic nitrogens is 2. The van der Waals surface area contributed by atoms with E-state index in [1.54, 1.807) is 25.2 Å². The smallest absolute Gasteiger partial charge is 0.306 e. The van der Waals surface area contributed by atoms with E-state index in [1.807, 2.05) is 43.3 Å². The standard InChI is InChI=1S/C22H23N3O4/c1-15(16-8-4-3-5-9-16)23-20(26)14-29-21(27)13-12-19-24-18-11-7-6-10-17(18)22(28)25(19)2/h3-11,15H,12-14H2,1-2H3,(H,23,26)/t15-/m0/s1. The van der Waals surface area contributed by atoms with Crippen molar-refractivity contribution in [1.82, 2.24) is 14.9 Å². The van der Waals surface area contributed by atoms with Crippen molar-refractivity contribution in [1.29, 1.82) is 0 Å². The molecule has 0 aliphatic heterocycles. The van der Waals surface area contributed by atoms with Crippen LogP contribution in [0.2, 0.25) is 0 Å². The largest absolute Gasteiger partial charge is 0.456 e. The molecule has 7 heteroatoms. The Bertz CT molecular complexity index is 1080. The highest BCUT2D eigenvalue weighted by Crippen LogP contribution is 2.11. The second kappa shape index (κ2) is 9.14. The highest BCUT2D eigenvalue weighted by atomic mass is 16.5. The number of ether oxygens (including phenoxy) is 1. The first kappa shape index (κ1) is 20.3. The molecular formula is C22H23N3O4. The van der Waals surface area contributed by atoms with E-state index in [0.717, 1.165) is 5.56 Å². The van der Waals surface area contributed by atoms with E-state index >= 15 is 0 Å². The Morgan fingerprint density at radius 2 is 1.79 bits per heavy atom. The highest BCUT2D eigenvalue weighted by molar-refractivity contribution is 5.81. The Kier molecular flexibility index (Phi) is 6.39. The van der Waals surface area contributed by atoms with Crippen LogP contribution in [0.5, 0.6) is 0 Å². The van der Waals surface area contributed by atoms with Gasteiger partial charge in [0.15, 0.2) is 6.61 Å². The van der Waals surface area contributed by atoms with E-state index in [2.05, 4.69) is 10.3 Å². The maximum Gasteiger partial charge on any atom is 0.306 e. The van der Waals surface area contributed by atoms with Crippen LogP contribution in [0.1, 0.15) is 30.8 Å². The summed E-state index contributed by atoms with van der Waals surface area (Å²) in [7, 11) is 1.63. The lowest BCUT2D eigenvalue weighted by Gasteiger charge is -2.14. The lowest BCUT2D eigenvalue weighted by Crippen LogP contribution is -2.31. The van der Waals surface area contributed by atoms with Crippen LogP contribution in [-0.4, -0.2) is 28.0 Å². The Morgan fingerprint density at radius 1 is 1.10 bits per heavy atom. The van der Waals surface area contributed by atoms with Gasteiger partial charge in [0.05, 0.1) is 23.4 Å². The molecule has 2 aromatic carbocycles. The molecule has 0 spiro atoms. The molecule has 0 radical (unpaired) electrons. The maximum absolute atomic E-state index is 12.4. The predicted molar refractivity (Wildman–Crippen MR) is 109 cm³/mol. The van der Waals surface area contributed by atoms with Crippen LogP contribution in [0.25, 0.3) is 10.9 Å². The van der Waals surface area contributed by atoms with Crippen LogP contribution in [0.4, 0.5) is 0 Å². The number of para-hydroxylation sites is 1. The number of hydrogen-bond donors (Lipinski definition) is 1. The molecule has 1 atom stereocenters. The second-order valence-corrected chi connectivity index (χ2v) is 6.77. The third-order valence-corrected chi connectivity index (χ3v) is 4.67. The van der Waals surface area contributed by atoms with E-state index in [0.29, 0.717) is 16.7 Å². The minimum atomic E-state index is -0.519. The first-order valence-corrected chi connectivity index (χ1v) is 9.40. The van der Waals surface area contributed by atoms with E-state index < -0.39 is 5.97 Å². The van der Waals surface area contributed by atoms with Crippen molar-refractivity contribution in [2.24, 2.45) is 7.05 Å². The topological polar surface area (TPSA) is 90.3 Å². The summed E-state index contributed by atoms with van der Waals surface area (Å²) in [4.78, 5) is 40.9. The minimum absolute atomic E-state index is 0.0279. The van der Waals surface area contributed by atoms with Gasteiger partial charge in [0.2, 0.25) is 0 Å². The minimum Gasteiger partial charge on any atom is -0.456 e. The highest BCUT2D eigenvalue weighted by Gasteiger charge is 2.14. The van der Waals surface area contributed by atoms with Crippen LogP contribution in [0.15, 0.2) is 59.4 Å². The summed E-state index contributed by atoms with van der Waals surface area (Å²) >= 11 is 0. The number of amides is 1. The molecule has 0 unspecified atom stereocenters. The molecule has 0 saturated heterocycles. The van der Waals surface area contributed by atoms with E-state index in [1.165, 1.54) is 4.57 Å². The average molecular weight is 393 g/mol. The molecule has 0 bridgehead atoms. The van der Waals surface area contributed by atoms with Crippen molar-refractivity contribution in [3.8, 4) is 0 Å². The number of aryl methyl sites for hydroxylation is 1. The van der Waals surface area contributed by atoms with Crippen LogP contribution in [-0.2, 0) is 27.8 Å². The lowest BCUT2D eigenvalue weighted by atomic mass is 10.1. The molecule has 7 nitrogen and oxygen atoms in total. The monoisotopic (exact) mass is 393 g/mol. The average Bonchev–Trinajstić information content (AvgIpc) is 2.74. The SMILES string of the molecule is C[C@H](NC(=O)COC(=O)CCc1nc2ccccc2c(=O)n1C)c1ccccc1. The Labute approximate surface area is 168 Å². The number of benzene rings is 2. The molecule has 3 aromatic rings. The van der Waals surface area contributed by atoms with Gasteiger partial charge in [-0.05, 0) is 24.6 Å². The summed E-state index contributed by atoms with van der Waals surface area (Å²) in [6.45, 7) is 1.51. The fraction of sp³-hybridized carbons (Fsp3) is 0.273. The van der Waals surface area contributed by atoms with Gasteiger partial charge in [-0.1, -0.05) is 42.5 Å². The first-order valence-electron chi connectivity index (χ1n) is 9.40. The molecule has 0 aliphatic carbocycles. The van der Waals surface area contributed by atoms with Crippen LogP contribution in [0.3, 0.4) is 0 Å². The third kappa shape index (κ3) is 5.07. The van der Waals surface area contributed by atoms with Crippen molar-refractivity contribution < 1.29 is 14.3 Å². The molecule has 3 rings (SSSR count). The predicted octanol–water partition coefficient (Wildman–Crippen LogP) is 2.29. The molecular weight excluding hydrogens is 370 g/mol. The quantitative estimate of drug-likeness (QED) is 0.622. The molecule has 0 aliphatic rings. The fourth-order valence-electron chi connectivity index (χ4n) is 3.03. The number of esters is 1. The van der Waals surface area contributed by atoms with Gasteiger partial charge in [0.25, 0.3) is 11.5 Å². The molecule has 0 saturated carbocycles. The van der Waals surface area contributed by atoms with Crippen LogP contribution >= 0.6 is 0 Å². The summed E-state index contributed by atoms with van der Waals surface area (Å²) in [6.07, 6.45) is 0.275. The molecule has 0 fully saturated rings. The van der Waals surface area contributed by atoms with Gasteiger partial charge in [-0.25, -0.2) is 4.98 Å². The number of hydrogen-bond acceptors (Lipinski definition) is 5. The summed E-state index contributed by atoms with van der Waals surface area (Å²) < 4.78 is 6.49. The van der Waals surface area contributed by atoms with Crippen molar-refractivity contribution >= 4 is 22.8 Å². The summed E-state index contributed by atoms with van der Waals surface area (Å²) in [6, 6.07) is 16.4.